The normalized spacial score (nSPS) is 9.67. The molecule has 0 unspecified atom stereocenters. The van der Waals surface area contributed by atoms with Crippen LogP contribution in [0.15, 0.2) is 6.07 Å². The highest BCUT2D eigenvalue weighted by molar-refractivity contribution is 8.06. The first-order chi connectivity index (χ1) is 12.2. The van der Waals surface area contributed by atoms with Gasteiger partial charge in [-0.3, -0.25) is 0 Å². The second-order valence-electron chi connectivity index (χ2n) is 4.13. The summed E-state index contributed by atoms with van der Waals surface area (Å²) in [7, 11) is 3.19. The van der Waals surface area contributed by atoms with Crippen LogP contribution in [0.5, 0.6) is 5.88 Å². The van der Waals surface area contributed by atoms with Gasteiger partial charge in [-0.05, 0) is 30.5 Å². The fraction of sp³-hybridized carbons (Fsp3) is 0.692. The maximum Gasteiger partial charge on any atom is 0.319 e. The Morgan fingerprint density at radius 1 is 0.926 bits per heavy atom. The maximum absolute atomic E-state index is 7.56. The smallest absolute Gasteiger partial charge is 0.319 e. The van der Waals surface area contributed by atoms with Gasteiger partial charge in [0.15, 0.2) is 5.82 Å². The van der Waals surface area contributed by atoms with Gasteiger partial charge in [-0.15, -0.1) is 0 Å². The Morgan fingerprint density at radius 3 is 1.52 bits per heavy atom. The maximum atomic E-state index is 7.56. The van der Waals surface area contributed by atoms with Crippen molar-refractivity contribution in [2.75, 3.05) is 14.2 Å². The van der Waals surface area contributed by atoms with Crippen LogP contribution in [-0.4, -0.2) is 53.5 Å². The summed E-state index contributed by atoms with van der Waals surface area (Å²) in [6.07, 6.45) is 1.25. The van der Waals surface area contributed by atoms with Crippen LogP contribution in [0, 0.1) is 6.92 Å². The Balaban J connectivity index is -0.000000148. The van der Waals surface area contributed by atoms with Crippen molar-refractivity contribution < 1.29 is 38.8 Å². The summed E-state index contributed by atoms with van der Waals surface area (Å²) in [6.45, 7) is 2.95. The molecular weight excluding hydrogens is 438 g/mol. The van der Waals surface area contributed by atoms with Crippen molar-refractivity contribution in [3.63, 3.8) is 0 Å². The molecule has 164 valence electrons. The minimum Gasteiger partial charge on any atom is -0.481 e. The summed E-state index contributed by atoms with van der Waals surface area (Å²) < 4.78 is 9.88. The van der Waals surface area contributed by atoms with Crippen molar-refractivity contribution in [2.24, 2.45) is 0 Å². The Morgan fingerprint density at radius 2 is 1.26 bits per heavy atom. The number of hydrogen-bond acceptors (Lipinski definition) is 6. The SMILES string of the molecule is CC.CCC.COCc1nc(C)cc(OC)n1.OP(O)(O)=S.OP(O)(O)=S. The zero-order valence-corrected chi connectivity index (χ0v) is 20.0. The molecule has 0 saturated carbocycles. The highest BCUT2D eigenvalue weighted by Crippen LogP contribution is 2.26. The predicted octanol–water partition coefficient (Wildman–Crippen LogP) is 1.76. The van der Waals surface area contributed by atoms with Crippen molar-refractivity contribution in [2.45, 2.75) is 47.6 Å². The third-order valence-corrected chi connectivity index (χ3v) is 1.36. The van der Waals surface area contributed by atoms with E-state index in [1.807, 2.05) is 20.8 Å². The second-order valence-corrected chi connectivity index (χ2v) is 9.13. The van der Waals surface area contributed by atoms with Crippen molar-refractivity contribution in [3.8, 4) is 5.88 Å². The van der Waals surface area contributed by atoms with Gasteiger partial charge in [-0.25, -0.2) is 4.98 Å². The monoisotopic (exact) mass is 470 g/mol. The topological polar surface area (TPSA) is 166 Å². The molecule has 6 N–H and O–H groups in total. The molecule has 0 bridgehead atoms. The zero-order valence-electron chi connectivity index (χ0n) is 16.6. The Bertz CT molecular complexity index is 519. The van der Waals surface area contributed by atoms with Gasteiger partial charge in [-0.1, -0.05) is 34.1 Å². The zero-order chi connectivity index (χ0) is 22.7. The van der Waals surface area contributed by atoms with Crippen molar-refractivity contribution in [1.82, 2.24) is 9.97 Å². The van der Waals surface area contributed by atoms with E-state index in [-0.39, 0.29) is 0 Å². The number of methoxy groups -OCH3 is 2. The van der Waals surface area contributed by atoms with Crippen LogP contribution in [0.25, 0.3) is 0 Å². The second kappa shape index (κ2) is 20.6. The molecule has 27 heavy (non-hydrogen) atoms. The van der Waals surface area contributed by atoms with Gasteiger partial charge in [0.05, 0.1) is 7.11 Å². The molecule has 1 rings (SSSR count). The van der Waals surface area contributed by atoms with Gasteiger partial charge in [0.25, 0.3) is 0 Å². The molecule has 0 amide bonds. The minimum atomic E-state index is -3.81. The van der Waals surface area contributed by atoms with Crippen LogP contribution in [0.2, 0.25) is 0 Å². The molecule has 10 nitrogen and oxygen atoms in total. The molecule has 0 fully saturated rings. The van der Waals surface area contributed by atoms with E-state index in [0.717, 1.165) is 5.69 Å². The van der Waals surface area contributed by atoms with Gasteiger partial charge >= 0.3 is 13.4 Å². The summed E-state index contributed by atoms with van der Waals surface area (Å²) in [5.41, 5.74) is 0.883. The van der Waals surface area contributed by atoms with Gasteiger partial charge in [-0.2, -0.15) is 4.98 Å². The molecule has 0 radical (unpaired) electrons. The highest BCUT2D eigenvalue weighted by Gasteiger charge is 2.00. The van der Waals surface area contributed by atoms with Crippen LogP contribution in [-0.2, 0) is 35.0 Å². The molecule has 0 aliphatic heterocycles. The van der Waals surface area contributed by atoms with Gasteiger partial charge in [0.2, 0.25) is 5.88 Å². The number of aromatic nitrogens is 2. The van der Waals surface area contributed by atoms with Gasteiger partial charge in [0, 0.05) is 18.9 Å². The predicted molar refractivity (Wildman–Crippen MR) is 113 cm³/mol. The van der Waals surface area contributed by atoms with Crippen LogP contribution < -0.4 is 4.74 Å². The fourth-order valence-corrected chi connectivity index (χ4v) is 0.897. The third kappa shape index (κ3) is 51.8. The molecule has 0 atom stereocenters. The third-order valence-electron chi connectivity index (χ3n) is 1.36. The summed E-state index contributed by atoms with van der Waals surface area (Å²) in [4.78, 5) is 53.6. The average molecular weight is 470 g/mol. The van der Waals surface area contributed by atoms with Crippen LogP contribution in [0.4, 0.5) is 0 Å². The largest absolute Gasteiger partial charge is 0.481 e. The fourth-order valence-electron chi connectivity index (χ4n) is 0.897. The van der Waals surface area contributed by atoms with E-state index in [4.69, 9.17) is 38.8 Å². The molecule has 1 aromatic heterocycles. The molecule has 1 aromatic rings. The Hall–Kier alpha value is -0.100. The van der Waals surface area contributed by atoms with E-state index in [1.54, 1.807) is 20.3 Å². The molecule has 0 spiro atoms. The van der Waals surface area contributed by atoms with E-state index >= 15 is 0 Å². The summed E-state index contributed by atoms with van der Waals surface area (Å²) in [6, 6.07) is 1.78. The first-order valence-electron chi connectivity index (χ1n) is 7.61. The van der Waals surface area contributed by atoms with Crippen molar-refractivity contribution >= 4 is 37.1 Å². The summed E-state index contributed by atoms with van der Waals surface area (Å²) in [5.74, 6) is 1.23. The van der Waals surface area contributed by atoms with E-state index in [0.29, 0.717) is 18.3 Å². The molecule has 0 aromatic carbocycles. The van der Waals surface area contributed by atoms with Crippen LogP contribution in [0.1, 0.15) is 45.6 Å². The number of nitrogens with zero attached hydrogens (tertiary/aromatic N) is 2. The Labute approximate surface area is 171 Å². The molecular formula is C13H32N2O8P2S2. The quantitative estimate of drug-likeness (QED) is 0.355. The van der Waals surface area contributed by atoms with Crippen molar-refractivity contribution in [1.29, 1.82) is 0 Å². The Kier molecular flexibility index (Phi) is 26.3. The van der Waals surface area contributed by atoms with E-state index in [2.05, 4.69) is 47.4 Å². The number of aryl methyl sites for hydroxylation is 1. The molecule has 0 aliphatic carbocycles. The molecule has 1 heterocycles. The lowest BCUT2D eigenvalue weighted by Gasteiger charge is -2.03. The standard InChI is InChI=1S/C8H12N2O2.C3H8.C2H6.2H3O3PS/c1-6-4-8(12-3)10-7(9-6)5-11-2;1-3-2;1-2;2*1-4(2,3)5/h4H,5H2,1-3H3;3H2,1-2H3;1-2H3;2*(H3,1,2,3,5). The van der Waals surface area contributed by atoms with E-state index < -0.39 is 13.4 Å². The van der Waals surface area contributed by atoms with E-state index in [1.165, 1.54) is 6.42 Å². The first-order valence-corrected chi connectivity index (χ1v) is 12.9. The van der Waals surface area contributed by atoms with Gasteiger partial charge < -0.3 is 38.8 Å². The number of hydrogen-bond donors (Lipinski definition) is 6. The molecule has 0 aliphatic rings. The van der Waals surface area contributed by atoms with Crippen LogP contribution >= 0.6 is 13.4 Å². The first kappa shape index (κ1) is 34.4. The average Bonchev–Trinajstić information content (AvgIpc) is 2.46. The number of ether oxygens (including phenoxy) is 2. The van der Waals surface area contributed by atoms with E-state index in [9.17, 15) is 0 Å². The van der Waals surface area contributed by atoms with Crippen molar-refractivity contribution in [3.05, 3.63) is 17.6 Å². The molecule has 0 saturated heterocycles. The lowest BCUT2D eigenvalue weighted by molar-refractivity contribution is 0.176. The lowest BCUT2D eigenvalue weighted by atomic mass is 10.4. The minimum absolute atomic E-state index is 0.415. The molecule has 14 heteroatoms. The van der Waals surface area contributed by atoms with Crippen LogP contribution in [0.3, 0.4) is 0 Å². The summed E-state index contributed by atoms with van der Waals surface area (Å²) >= 11 is 7.21. The lowest BCUT2D eigenvalue weighted by Crippen LogP contribution is -2.00. The summed E-state index contributed by atoms with van der Waals surface area (Å²) in [5, 5.41) is 0. The highest BCUT2D eigenvalue weighted by atomic mass is 32.5. The van der Waals surface area contributed by atoms with Gasteiger partial charge in [0.1, 0.15) is 6.61 Å². The number of rotatable bonds is 3.